The number of aryl methyl sites for hydroxylation is 2. The van der Waals surface area contributed by atoms with Gasteiger partial charge in [-0.1, -0.05) is 12.1 Å². The number of para-hydroxylation sites is 1. The van der Waals surface area contributed by atoms with E-state index >= 15 is 0 Å². The Morgan fingerprint density at radius 2 is 1.93 bits per heavy atom. The minimum atomic E-state index is -4.42. The number of alkyl halides is 3. The number of amides is 1. The van der Waals surface area contributed by atoms with Crippen LogP contribution in [0.2, 0.25) is 0 Å². The van der Waals surface area contributed by atoms with Crippen LogP contribution < -0.4 is 10.2 Å². The van der Waals surface area contributed by atoms with E-state index in [0.29, 0.717) is 5.13 Å². The van der Waals surface area contributed by atoms with Gasteiger partial charge in [0.15, 0.2) is 5.13 Å². The van der Waals surface area contributed by atoms with E-state index in [1.165, 1.54) is 23.5 Å². The monoisotopic (exact) mass is 438 g/mol. The minimum Gasteiger partial charge on any atom is -0.369 e. The number of aromatic nitrogens is 2. The number of hydrogen-bond acceptors (Lipinski definition) is 6. The molecule has 1 aromatic carbocycles. The molecule has 1 amide bonds. The van der Waals surface area contributed by atoms with E-state index in [1.54, 1.807) is 22.3 Å². The van der Waals surface area contributed by atoms with Gasteiger partial charge in [-0.25, -0.2) is 9.97 Å². The summed E-state index contributed by atoms with van der Waals surface area (Å²) >= 11 is 2.86. The van der Waals surface area contributed by atoms with Gasteiger partial charge in [-0.2, -0.15) is 13.2 Å². The second-order valence-corrected chi connectivity index (χ2v) is 8.85. The van der Waals surface area contributed by atoms with E-state index < -0.39 is 11.7 Å². The fourth-order valence-corrected chi connectivity index (χ4v) is 4.90. The number of carbonyl (C=O) groups is 1. The van der Waals surface area contributed by atoms with Gasteiger partial charge in [-0.3, -0.25) is 4.79 Å². The van der Waals surface area contributed by atoms with Crippen LogP contribution in [0.3, 0.4) is 0 Å². The molecule has 3 aromatic rings. The molecule has 0 radical (unpaired) electrons. The van der Waals surface area contributed by atoms with E-state index in [1.807, 2.05) is 19.2 Å². The molecule has 1 aliphatic rings. The summed E-state index contributed by atoms with van der Waals surface area (Å²) in [5.74, 6) is -0.611. The molecule has 4 rings (SSSR count). The Balaban J connectivity index is 1.39. The summed E-state index contributed by atoms with van der Waals surface area (Å²) in [4.78, 5) is 23.8. The first kappa shape index (κ1) is 19.8. The van der Waals surface area contributed by atoms with Crippen molar-refractivity contribution in [2.75, 3.05) is 23.3 Å². The lowest BCUT2D eigenvalue weighted by molar-refractivity contribution is -0.137. The molecule has 0 atom stereocenters. The number of carbonyl (C=O) groups excluding carboxylic acids is 1. The third-order valence-electron chi connectivity index (χ3n) is 4.67. The molecule has 1 fully saturated rings. The van der Waals surface area contributed by atoms with Gasteiger partial charge in [-0.15, -0.1) is 22.7 Å². The molecule has 0 spiro atoms. The Bertz CT molecular complexity index is 1050. The van der Waals surface area contributed by atoms with Crippen LogP contribution >= 0.6 is 22.7 Å². The van der Waals surface area contributed by atoms with Crippen molar-refractivity contribution in [1.29, 1.82) is 0 Å². The second kappa shape index (κ2) is 7.42. The highest BCUT2D eigenvalue weighted by atomic mass is 32.1. The molecule has 1 aliphatic heterocycles. The Morgan fingerprint density at radius 1 is 1.21 bits per heavy atom. The fraction of sp³-hybridized carbons (Fsp3) is 0.316. The summed E-state index contributed by atoms with van der Waals surface area (Å²) in [6, 6.07) is 5.42. The zero-order valence-electron chi connectivity index (χ0n) is 15.6. The van der Waals surface area contributed by atoms with Crippen LogP contribution in [0.25, 0.3) is 10.6 Å². The summed E-state index contributed by atoms with van der Waals surface area (Å²) in [6.07, 6.45) is -4.42. The zero-order valence-corrected chi connectivity index (χ0v) is 17.2. The molecule has 1 saturated heterocycles. The fourth-order valence-electron chi connectivity index (χ4n) is 3.24. The maximum atomic E-state index is 13.2. The second-order valence-electron chi connectivity index (χ2n) is 6.79. The highest BCUT2D eigenvalue weighted by Gasteiger charge is 2.39. The molecule has 0 saturated carbocycles. The van der Waals surface area contributed by atoms with Gasteiger partial charge in [0.25, 0.3) is 0 Å². The predicted molar refractivity (Wildman–Crippen MR) is 108 cm³/mol. The van der Waals surface area contributed by atoms with Crippen LogP contribution in [-0.4, -0.2) is 29.0 Å². The maximum absolute atomic E-state index is 13.2. The smallest absolute Gasteiger partial charge is 0.369 e. The van der Waals surface area contributed by atoms with Crippen LogP contribution in [0.4, 0.5) is 24.0 Å². The molecule has 0 bridgehead atoms. The quantitative estimate of drug-likeness (QED) is 0.624. The first-order chi connectivity index (χ1) is 13.7. The predicted octanol–water partition coefficient (Wildman–Crippen LogP) is 4.98. The first-order valence-corrected chi connectivity index (χ1v) is 10.5. The van der Waals surface area contributed by atoms with Gasteiger partial charge in [0.2, 0.25) is 5.91 Å². The van der Waals surface area contributed by atoms with Gasteiger partial charge in [-0.05, 0) is 26.0 Å². The molecular formula is C19H17F3N4OS2. The van der Waals surface area contributed by atoms with Crippen molar-refractivity contribution in [2.45, 2.75) is 20.0 Å². The van der Waals surface area contributed by atoms with Crippen LogP contribution in [0, 0.1) is 19.8 Å². The molecule has 5 nitrogen and oxygen atoms in total. The number of hydrogen-bond donors (Lipinski definition) is 1. The Labute approximate surface area is 173 Å². The largest absolute Gasteiger partial charge is 0.418 e. The van der Waals surface area contributed by atoms with Crippen molar-refractivity contribution < 1.29 is 18.0 Å². The molecule has 3 heterocycles. The summed E-state index contributed by atoms with van der Waals surface area (Å²) in [6.45, 7) is 4.32. The normalized spacial score (nSPS) is 14.7. The van der Waals surface area contributed by atoms with E-state index in [4.69, 9.17) is 0 Å². The van der Waals surface area contributed by atoms with Crippen LogP contribution in [0.1, 0.15) is 16.3 Å². The van der Waals surface area contributed by atoms with Gasteiger partial charge in [0, 0.05) is 24.2 Å². The molecular weight excluding hydrogens is 421 g/mol. The van der Waals surface area contributed by atoms with Gasteiger partial charge >= 0.3 is 6.18 Å². The lowest BCUT2D eigenvalue weighted by Gasteiger charge is -2.41. The molecule has 0 aliphatic carbocycles. The van der Waals surface area contributed by atoms with Crippen LogP contribution in [0.5, 0.6) is 0 Å². The standard InChI is InChI=1S/C19H17F3N4OS2/c1-10-16(29-11(2)23-10)14-9-28-18(24-14)25-17(27)12-7-26(8-12)15-6-4-3-5-13(15)19(20,21)22/h3-6,9,12H,7-8H2,1-2H3,(H,24,25,27). The summed E-state index contributed by atoms with van der Waals surface area (Å²) in [5, 5.41) is 6.07. The van der Waals surface area contributed by atoms with Crippen LogP contribution in [-0.2, 0) is 11.0 Å². The average molecular weight is 439 g/mol. The van der Waals surface area contributed by atoms with Crippen molar-refractivity contribution >= 4 is 39.4 Å². The van der Waals surface area contributed by atoms with Crippen LogP contribution in [0.15, 0.2) is 29.6 Å². The van der Waals surface area contributed by atoms with E-state index in [2.05, 4.69) is 15.3 Å². The average Bonchev–Trinajstić information content (AvgIpc) is 3.19. The Kier molecular flexibility index (Phi) is 5.07. The molecule has 0 unspecified atom stereocenters. The van der Waals surface area contributed by atoms with Crippen molar-refractivity contribution in [3.05, 3.63) is 45.9 Å². The Hall–Kier alpha value is -2.46. The molecule has 1 N–H and O–H groups in total. The van der Waals surface area contributed by atoms with Gasteiger partial charge < -0.3 is 10.2 Å². The SMILES string of the molecule is Cc1nc(C)c(-c2csc(NC(=O)C3CN(c4ccccc4C(F)(F)F)C3)n2)s1. The number of benzene rings is 1. The summed E-state index contributed by atoms with van der Waals surface area (Å²) < 4.78 is 39.5. The molecule has 29 heavy (non-hydrogen) atoms. The first-order valence-electron chi connectivity index (χ1n) is 8.84. The third-order valence-corrected chi connectivity index (χ3v) is 6.53. The number of anilines is 2. The third kappa shape index (κ3) is 3.99. The highest BCUT2D eigenvalue weighted by molar-refractivity contribution is 7.16. The molecule has 2 aromatic heterocycles. The number of thiazole rings is 2. The van der Waals surface area contributed by atoms with E-state index in [-0.39, 0.29) is 30.6 Å². The molecule has 152 valence electrons. The number of rotatable bonds is 4. The minimum absolute atomic E-state index is 0.108. The lowest BCUT2D eigenvalue weighted by atomic mass is 9.97. The topological polar surface area (TPSA) is 58.1 Å². The van der Waals surface area contributed by atoms with Crippen molar-refractivity contribution in [2.24, 2.45) is 5.92 Å². The number of nitrogens with zero attached hydrogens (tertiary/aromatic N) is 3. The van der Waals surface area contributed by atoms with Crippen molar-refractivity contribution in [3.63, 3.8) is 0 Å². The number of nitrogens with one attached hydrogen (secondary N) is 1. The number of halogens is 3. The van der Waals surface area contributed by atoms with Gasteiger partial charge in [0.1, 0.15) is 0 Å². The summed E-state index contributed by atoms with van der Waals surface area (Å²) in [5.41, 5.74) is 1.09. The van der Waals surface area contributed by atoms with Crippen molar-refractivity contribution in [3.8, 4) is 10.6 Å². The van der Waals surface area contributed by atoms with E-state index in [0.717, 1.165) is 27.3 Å². The van der Waals surface area contributed by atoms with E-state index in [9.17, 15) is 18.0 Å². The zero-order chi connectivity index (χ0) is 20.8. The highest BCUT2D eigenvalue weighted by Crippen LogP contribution is 2.39. The lowest BCUT2D eigenvalue weighted by Crippen LogP contribution is -2.52. The summed E-state index contributed by atoms with van der Waals surface area (Å²) in [7, 11) is 0. The maximum Gasteiger partial charge on any atom is 0.418 e. The van der Waals surface area contributed by atoms with Crippen molar-refractivity contribution in [1.82, 2.24) is 9.97 Å². The Morgan fingerprint density at radius 3 is 2.59 bits per heavy atom. The molecule has 10 heteroatoms. The van der Waals surface area contributed by atoms with Gasteiger partial charge in [0.05, 0.1) is 32.8 Å².